The molecule has 2 aliphatic heterocycles. The zero-order chi connectivity index (χ0) is 26.7. The van der Waals surface area contributed by atoms with Gasteiger partial charge in [-0.05, 0) is 36.6 Å². The van der Waals surface area contributed by atoms with Crippen LogP contribution in [0.1, 0.15) is 30.5 Å². The summed E-state index contributed by atoms with van der Waals surface area (Å²) in [5.74, 6) is -0.809. The molecule has 2 saturated heterocycles. The molecule has 2 aromatic rings. The maximum atomic E-state index is 13.7. The van der Waals surface area contributed by atoms with Gasteiger partial charge in [0.15, 0.2) is 0 Å². The quantitative estimate of drug-likeness (QED) is 0.442. The number of alkyl halides is 1. The number of nitrogens with zero attached hydrogens (tertiary/aromatic N) is 4. The van der Waals surface area contributed by atoms with Crippen molar-refractivity contribution in [1.82, 2.24) is 25.1 Å². The van der Waals surface area contributed by atoms with Crippen LogP contribution in [0.3, 0.4) is 0 Å². The Morgan fingerprint density at radius 3 is 2.49 bits per heavy atom. The van der Waals surface area contributed by atoms with E-state index in [4.69, 9.17) is 11.6 Å². The number of allylic oxidation sites excluding steroid dienone is 1. The van der Waals surface area contributed by atoms with E-state index in [2.05, 4.69) is 11.9 Å². The number of carbonyl (C=O) groups is 3. The average Bonchev–Trinajstić information content (AvgIpc) is 2.87. The fourth-order valence-electron chi connectivity index (χ4n) is 4.73. The van der Waals surface area contributed by atoms with Crippen LogP contribution >= 0.6 is 11.6 Å². The first kappa shape index (κ1) is 26.6. The Morgan fingerprint density at radius 2 is 1.84 bits per heavy atom. The lowest BCUT2D eigenvalue weighted by atomic mass is 9.98. The maximum Gasteiger partial charge on any atom is 0.334 e. The summed E-state index contributed by atoms with van der Waals surface area (Å²) in [4.78, 5) is 43.6. The van der Waals surface area contributed by atoms with Gasteiger partial charge in [0.25, 0.3) is 0 Å². The van der Waals surface area contributed by atoms with E-state index >= 15 is 0 Å². The van der Waals surface area contributed by atoms with Crippen LogP contribution in [0.2, 0.25) is 0 Å². The molecule has 37 heavy (non-hydrogen) atoms. The number of urea groups is 1. The smallest absolute Gasteiger partial charge is 0.334 e. The Kier molecular flexibility index (Phi) is 8.14. The van der Waals surface area contributed by atoms with E-state index in [0.29, 0.717) is 18.5 Å². The van der Waals surface area contributed by atoms with Crippen molar-refractivity contribution in [2.75, 3.05) is 26.7 Å². The predicted octanol–water partition coefficient (Wildman–Crippen LogP) is 3.51. The summed E-state index contributed by atoms with van der Waals surface area (Å²) in [6.45, 7) is 6.36. The summed E-state index contributed by atoms with van der Waals surface area (Å²) in [7, 11) is 1.67. The summed E-state index contributed by atoms with van der Waals surface area (Å²) in [6, 6.07) is 13.7. The van der Waals surface area contributed by atoms with Crippen molar-refractivity contribution in [3.05, 3.63) is 83.7 Å². The van der Waals surface area contributed by atoms with Crippen LogP contribution in [0, 0.1) is 5.82 Å². The number of hydrogen-bond donors (Lipinski definition) is 1. The van der Waals surface area contributed by atoms with Gasteiger partial charge in [-0.1, -0.05) is 54.6 Å². The first-order chi connectivity index (χ1) is 17.7. The van der Waals surface area contributed by atoms with Crippen LogP contribution in [0.5, 0.6) is 0 Å². The van der Waals surface area contributed by atoms with Crippen LogP contribution in [0.4, 0.5) is 9.18 Å². The molecule has 0 radical (unpaired) electrons. The number of amides is 4. The molecule has 3 atom stereocenters. The van der Waals surface area contributed by atoms with Gasteiger partial charge in [-0.15, -0.1) is 11.6 Å². The second-order valence-electron chi connectivity index (χ2n) is 9.43. The Labute approximate surface area is 221 Å². The summed E-state index contributed by atoms with van der Waals surface area (Å²) in [5, 5.41) is 5.61. The van der Waals surface area contributed by atoms with E-state index in [1.165, 1.54) is 22.0 Å². The minimum absolute atomic E-state index is 0.0590. The lowest BCUT2D eigenvalue weighted by Crippen LogP contribution is -2.73. The zero-order valence-corrected chi connectivity index (χ0v) is 21.7. The SMILES string of the molecule is C=C(C)C(Cl)CCN1C[C@H]2N(C(=O)CN(C)N2C(=O)NCc2ccc(F)cc2)[C@@H](c2ccccc2)C1=O. The molecule has 1 N–H and O–H groups in total. The second-order valence-corrected chi connectivity index (χ2v) is 9.95. The molecule has 2 heterocycles. The standard InChI is InChI=1S/C27H31ClFN5O3/c1-18(2)22(28)13-14-32-16-23-33(25(26(32)36)20-7-5-4-6-8-20)24(35)17-31(3)34(23)27(37)30-15-19-9-11-21(29)12-10-19/h4-12,22-23,25H,1,13-17H2,2-3H3,(H,30,37)/t22?,23-,25-/m0/s1. The number of hydrazine groups is 1. The summed E-state index contributed by atoms with van der Waals surface area (Å²) in [6.07, 6.45) is -0.224. The van der Waals surface area contributed by atoms with E-state index in [9.17, 15) is 18.8 Å². The van der Waals surface area contributed by atoms with Gasteiger partial charge in [-0.25, -0.2) is 19.2 Å². The molecule has 1 unspecified atom stereocenters. The highest BCUT2D eigenvalue weighted by Gasteiger charge is 2.51. The average molecular weight is 528 g/mol. The van der Waals surface area contributed by atoms with Crippen molar-refractivity contribution in [2.45, 2.75) is 37.5 Å². The molecule has 4 rings (SSSR count). The van der Waals surface area contributed by atoms with Crippen LogP contribution in [-0.4, -0.2) is 75.9 Å². The van der Waals surface area contributed by atoms with Gasteiger partial charge in [0.05, 0.1) is 18.5 Å². The largest absolute Gasteiger partial charge is 0.337 e. The van der Waals surface area contributed by atoms with Gasteiger partial charge in [0.1, 0.15) is 18.0 Å². The maximum absolute atomic E-state index is 13.7. The molecule has 0 bridgehead atoms. The van der Waals surface area contributed by atoms with E-state index in [1.54, 1.807) is 29.1 Å². The molecule has 2 aromatic carbocycles. The van der Waals surface area contributed by atoms with Crippen molar-refractivity contribution < 1.29 is 18.8 Å². The van der Waals surface area contributed by atoms with Gasteiger partial charge >= 0.3 is 6.03 Å². The van der Waals surface area contributed by atoms with E-state index in [-0.39, 0.29) is 42.6 Å². The summed E-state index contributed by atoms with van der Waals surface area (Å²) in [5.41, 5.74) is 2.22. The minimum atomic E-state index is -0.868. The summed E-state index contributed by atoms with van der Waals surface area (Å²) < 4.78 is 13.3. The lowest BCUT2D eigenvalue weighted by Gasteiger charge is -2.54. The first-order valence-corrected chi connectivity index (χ1v) is 12.6. The van der Waals surface area contributed by atoms with Crippen molar-refractivity contribution in [3.63, 3.8) is 0 Å². The van der Waals surface area contributed by atoms with Crippen LogP contribution in [0.25, 0.3) is 0 Å². The predicted molar refractivity (Wildman–Crippen MR) is 139 cm³/mol. The molecular formula is C27H31ClFN5O3. The fraction of sp³-hybridized carbons (Fsp3) is 0.370. The van der Waals surface area contributed by atoms with Gasteiger partial charge in [-0.2, -0.15) is 0 Å². The third-order valence-corrected chi connectivity index (χ3v) is 7.29. The monoisotopic (exact) mass is 527 g/mol. The number of hydrogen-bond acceptors (Lipinski definition) is 4. The molecule has 0 saturated carbocycles. The fourth-order valence-corrected chi connectivity index (χ4v) is 4.83. The Bertz CT molecular complexity index is 1160. The number of fused-ring (bicyclic) bond motifs is 1. The molecule has 196 valence electrons. The Balaban J connectivity index is 1.63. The van der Waals surface area contributed by atoms with Gasteiger partial charge in [0, 0.05) is 20.1 Å². The van der Waals surface area contributed by atoms with E-state index in [1.807, 2.05) is 37.3 Å². The molecule has 2 aliphatic rings. The van der Waals surface area contributed by atoms with Gasteiger partial charge < -0.3 is 15.1 Å². The highest BCUT2D eigenvalue weighted by molar-refractivity contribution is 6.22. The van der Waals surface area contributed by atoms with Crippen LogP contribution < -0.4 is 5.32 Å². The van der Waals surface area contributed by atoms with Gasteiger partial charge in [-0.3, -0.25) is 9.59 Å². The van der Waals surface area contributed by atoms with E-state index < -0.39 is 18.2 Å². The minimum Gasteiger partial charge on any atom is -0.337 e. The second kappa shape index (κ2) is 11.3. The van der Waals surface area contributed by atoms with Crippen molar-refractivity contribution in [1.29, 1.82) is 0 Å². The van der Waals surface area contributed by atoms with Crippen molar-refractivity contribution in [2.24, 2.45) is 0 Å². The van der Waals surface area contributed by atoms with Gasteiger partial charge in [0.2, 0.25) is 11.8 Å². The van der Waals surface area contributed by atoms with E-state index in [0.717, 1.165) is 11.1 Å². The molecule has 4 amide bonds. The lowest BCUT2D eigenvalue weighted by molar-refractivity contribution is -0.187. The Hall–Kier alpha value is -3.43. The normalized spacial score (nSPS) is 21.0. The topological polar surface area (TPSA) is 76.2 Å². The molecular weight excluding hydrogens is 497 g/mol. The number of carbonyl (C=O) groups excluding carboxylic acids is 3. The number of piperazine rings is 1. The van der Waals surface area contributed by atoms with Crippen molar-refractivity contribution >= 4 is 29.4 Å². The highest BCUT2D eigenvalue weighted by atomic mass is 35.5. The number of nitrogens with one attached hydrogen (secondary N) is 1. The molecule has 10 heteroatoms. The highest BCUT2D eigenvalue weighted by Crippen LogP contribution is 2.34. The number of likely N-dealkylation sites (N-methyl/N-ethyl adjacent to an activating group) is 1. The third-order valence-electron chi connectivity index (χ3n) is 6.70. The summed E-state index contributed by atoms with van der Waals surface area (Å²) >= 11 is 6.40. The zero-order valence-electron chi connectivity index (χ0n) is 20.9. The molecule has 2 fully saturated rings. The van der Waals surface area contributed by atoms with Crippen molar-refractivity contribution in [3.8, 4) is 0 Å². The molecule has 8 nitrogen and oxygen atoms in total. The number of rotatable bonds is 7. The first-order valence-electron chi connectivity index (χ1n) is 12.1. The van der Waals surface area contributed by atoms with Crippen LogP contribution in [0.15, 0.2) is 66.7 Å². The molecule has 0 spiro atoms. The third kappa shape index (κ3) is 5.78. The Morgan fingerprint density at radius 1 is 1.16 bits per heavy atom. The molecule has 0 aliphatic carbocycles. The number of halogens is 2. The molecule has 0 aromatic heterocycles. The van der Waals surface area contributed by atoms with Crippen LogP contribution in [-0.2, 0) is 16.1 Å². The number of benzene rings is 2.